The van der Waals surface area contributed by atoms with E-state index in [1.807, 2.05) is 30.3 Å². The molecule has 1 atom stereocenters. The molecule has 0 bridgehead atoms. The molecule has 0 radical (unpaired) electrons. The standard InChI is InChI=1S/C15H17BrN2O2S/c1-11(12-6-4-3-5-7-12)18-15-9-8-13(10-14(15)16)21(19,20)17-2/h3-11,17-18H,1-2H3. The van der Waals surface area contributed by atoms with Crippen LogP contribution in [0.15, 0.2) is 57.9 Å². The van der Waals surface area contributed by atoms with Crippen LogP contribution < -0.4 is 10.0 Å². The highest BCUT2D eigenvalue weighted by atomic mass is 79.9. The van der Waals surface area contributed by atoms with Crippen LogP contribution in [-0.4, -0.2) is 15.5 Å². The van der Waals surface area contributed by atoms with Gasteiger partial charge in [-0.1, -0.05) is 30.3 Å². The predicted octanol–water partition coefficient (Wildman–Crippen LogP) is 3.53. The molecule has 0 aliphatic heterocycles. The molecule has 0 spiro atoms. The van der Waals surface area contributed by atoms with Gasteiger partial charge in [0.25, 0.3) is 0 Å². The molecule has 112 valence electrons. The van der Waals surface area contributed by atoms with E-state index in [-0.39, 0.29) is 10.9 Å². The second-order valence-electron chi connectivity index (χ2n) is 4.63. The van der Waals surface area contributed by atoms with Gasteiger partial charge >= 0.3 is 0 Å². The molecule has 1 unspecified atom stereocenters. The Hall–Kier alpha value is -1.37. The number of sulfonamides is 1. The summed E-state index contributed by atoms with van der Waals surface area (Å²) in [4.78, 5) is 0.231. The van der Waals surface area contributed by atoms with Gasteiger partial charge in [-0.05, 0) is 53.7 Å². The summed E-state index contributed by atoms with van der Waals surface area (Å²) in [5.41, 5.74) is 2.01. The third-order valence-electron chi connectivity index (χ3n) is 3.19. The fourth-order valence-corrected chi connectivity index (χ4v) is 3.36. The lowest BCUT2D eigenvalue weighted by Crippen LogP contribution is -2.18. The fourth-order valence-electron chi connectivity index (χ4n) is 1.96. The van der Waals surface area contributed by atoms with Gasteiger partial charge in [0.05, 0.1) is 4.90 Å². The molecule has 21 heavy (non-hydrogen) atoms. The van der Waals surface area contributed by atoms with Gasteiger partial charge in [-0.15, -0.1) is 0 Å². The van der Waals surface area contributed by atoms with Crippen LogP contribution in [0.2, 0.25) is 0 Å². The Morgan fingerprint density at radius 3 is 2.33 bits per heavy atom. The van der Waals surface area contributed by atoms with E-state index in [0.29, 0.717) is 4.47 Å². The summed E-state index contributed by atoms with van der Waals surface area (Å²) in [7, 11) is -2.03. The monoisotopic (exact) mass is 368 g/mol. The lowest BCUT2D eigenvalue weighted by Gasteiger charge is -2.17. The van der Waals surface area contributed by atoms with E-state index in [2.05, 4.69) is 32.9 Å². The summed E-state index contributed by atoms with van der Waals surface area (Å²) >= 11 is 3.42. The minimum absolute atomic E-state index is 0.120. The van der Waals surface area contributed by atoms with Crippen LogP contribution in [0.3, 0.4) is 0 Å². The molecule has 2 aromatic rings. The molecule has 0 aromatic heterocycles. The van der Waals surface area contributed by atoms with Gasteiger partial charge < -0.3 is 5.32 Å². The maximum absolute atomic E-state index is 11.8. The van der Waals surface area contributed by atoms with Crippen LogP contribution in [0.25, 0.3) is 0 Å². The summed E-state index contributed by atoms with van der Waals surface area (Å²) in [5.74, 6) is 0. The Morgan fingerprint density at radius 1 is 1.10 bits per heavy atom. The van der Waals surface area contributed by atoms with E-state index in [9.17, 15) is 8.42 Å². The van der Waals surface area contributed by atoms with Crippen LogP contribution in [0.1, 0.15) is 18.5 Å². The number of rotatable bonds is 5. The van der Waals surface area contributed by atoms with Gasteiger partial charge in [-0.3, -0.25) is 0 Å². The van der Waals surface area contributed by atoms with Crippen molar-refractivity contribution < 1.29 is 8.42 Å². The summed E-state index contributed by atoms with van der Waals surface area (Å²) in [6.07, 6.45) is 0. The lowest BCUT2D eigenvalue weighted by molar-refractivity contribution is 0.588. The first-order valence-electron chi connectivity index (χ1n) is 6.48. The Balaban J connectivity index is 2.23. The Kier molecular flexibility index (Phi) is 5.03. The van der Waals surface area contributed by atoms with Crippen molar-refractivity contribution in [3.63, 3.8) is 0 Å². The van der Waals surface area contributed by atoms with Gasteiger partial charge in [0.1, 0.15) is 0 Å². The molecule has 0 aliphatic rings. The van der Waals surface area contributed by atoms with Crippen LogP contribution in [0.4, 0.5) is 5.69 Å². The number of hydrogen-bond acceptors (Lipinski definition) is 3. The van der Waals surface area contributed by atoms with Crippen molar-refractivity contribution in [2.45, 2.75) is 17.9 Å². The van der Waals surface area contributed by atoms with E-state index >= 15 is 0 Å². The van der Waals surface area contributed by atoms with Crippen molar-refractivity contribution in [3.05, 3.63) is 58.6 Å². The first-order valence-corrected chi connectivity index (χ1v) is 8.76. The molecule has 0 saturated carbocycles. The zero-order valence-electron chi connectivity index (χ0n) is 11.8. The molecular weight excluding hydrogens is 352 g/mol. The fraction of sp³-hybridized carbons (Fsp3) is 0.200. The Bertz CT molecular complexity index is 718. The predicted molar refractivity (Wildman–Crippen MR) is 88.9 cm³/mol. The minimum Gasteiger partial charge on any atom is -0.378 e. The largest absolute Gasteiger partial charge is 0.378 e. The average Bonchev–Trinajstić information content (AvgIpc) is 2.50. The number of anilines is 1. The molecular formula is C15H17BrN2O2S. The number of nitrogens with one attached hydrogen (secondary N) is 2. The highest BCUT2D eigenvalue weighted by Crippen LogP contribution is 2.28. The molecule has 0 fully saturated rings. The third-order valence-corrected chi connectivity index (χ3v) is 5.26. The maximum atomic E-state index is 11.8. The third kappa shape index (κ3) is 3.84. The van der Waals surface area contributed by atoms with Crippen molar-refractivity contribution in [1.29, 1.82) is 0 Å². The molecule has 0 aliphatic carbocycles. The zero-order chi connectivity index (χ0) is 15.5. The number of hydrogen-bond donors (Lipinski definition) is 2. The minimum atomic E-state index is -3.43. The molecule has 2 rings (SSSR count). The van der Waals surface area contributed by atoms with Gasteiger partial charge in [-0.2, -0.15) is 0 Å². The van der Waals surface area contributed by atoms with Gasteiger partial charge in [0.2, 0.25) is 10.0 Å². The van der Waals surface area contributed by atoms with Gasteiger partial charge in [-0.25, -0.2) is 13.1 Å². The van der Waals surface area contributed by atoms with E-state index in [4.69, 9.17) is 0 Å². The first-order chi connectivity index (χ1) is 9.94. The SMILES string of the molecule is CNS(=O)(=O)c1ccc(NC(C)c2ccccc2)c(Br)c1. The van der Waals surface area contributed by atoms with Crippen molar-refractivity contribution in [2.24, 2.45) is 0 Å². The number of halogens is 1. The zero-order valence-corrected chi connectivity index (χ0v) is 14.2. The van der Waals surface area contributed by atoms with Crippen molar-refractivity contribution in [1.82, 2.24) is 4.72 Å². The Labute approximate surface area is 133 Å². The molecule has 0 heterocycles. The van der Waals surface area contributed by atoms with Crippen LogP contribution in [0.5, 0.6) is 0 Å². The van der Waals surface area contributed by atoms with E-state index in [0.717, 1.165) is 11.3 Å². The highest BCUT2D eigenvalue weighted by Gasteiger charge is 2.14. The van der Waals surface area contributed by atoms with Crippen LogP contribution >= 0.6 is 15.9 Å². The second-order valence-corrected chi connectivity index (χ2v) is 7.37. The molecule has 2 aromatic carbocycles. The summed E-state index contributed by atoms with van der Waals surface area (Å²) in [6, 6.07) is 15.1. The lowest BCUT2D eigenvalue weighted by atomic mass is 10.1. The first kappa shape index (κ1) is 16.0. The maximum Gasteiger partial charge on any atom is 0.240 e. The average molecular weight is 369 g/mol. The van der Waals surface area contributed by atoms with Crippen molar-refractivity contribution >= 4 is 31.6 Å². The van der Waals surface area contributed by atoms with E-state index in [1.165, 1.54) is 7.05 Å². The quantitative estimate of drug-likeness (QED) is 0.848. The van der Waals surface area contributed by atoms with Crippen molar-refractivity contribution in [2.75, 3.05) is 12.4 Å². The topological polar surface area (TPSA) is 58.2 Å². The van der Waals surface area contributed by atoms with Crippen LogP contribution in [0, 0.1) is 0 Å². The number of benzene rings is 2. The molecule has 2 N–H and O–H groups in total. The van der Waals surface area contributed by atoms with Gasteiger partial charge in [0, 0.05) is 16.2 Å². The summed E-state index contributed by atoms with van der Waals surface area (Å²) in [6.45, 7) is 2.06. The van der Waals surface area contributed by atoms with E-state index in [1.54, 1.807) is 18.2 Å². The normalized spacial score (nSPS) is 12.9. The highest BCUT2D eigenvalue weighted by molar-refractivity contribution is 9.10. The molecule has 6 heteroatoms. The Morgan fingerprint density at radius 2 is 1.76 bits per heavy atom. The smallest absolute Gasteiger partial charge is 0.240 e. The van der Waals surface area contributed by atoms with Crippen LogP contribution in [-0.2, 0) is 10.0 Å². The molecule has 0 saturated heterocycles. The molecule has 4 nitrogen and oxygen atoms in total. The van der Waals surface area contributed by atoms with Crippen molar-refractivity contribution in [3.8, 4) is 0 Å². The van der Waals surface area contributed by atoms with Gasteiger partial charge in [0.15, 0.2) is 0 Å². The second kappa shape index (κ2) is 6.60. The van der Waals surface area contributed by atoms with E-state index < -0.39 is 10.0 Å². The molecule has 0 amide bonds. The summed E-state index contributed by atoms with van der Waals surface area (Å²) < 4.78 is 26.5. The summed E-state index contributed by atoms with van der Waals surface area (Å²) in [5, 5.41) is 3.36.